The molecule has 2 aromatic heterocycles. The summed E-state index contributed by atoms with van der Waals surface area (Å²) in [5.74, 6) is -0.983. The first-order valence-corrected chi connectivity index (χ1v) is 10.5. The predicted molar refractivity (Wildman–Crippen MR) is 110 cm³/mol. The number of hydrogen-bond donors (Lipinski definition) is 0. The van der Waals surface area contributed by atoms with E-state index in [1.807, 2.05) is 13.2 Å². The van der Waals surface area contributed by atoms with Crippen molar-refractivity contribution in [2.24, 2.45) is 7.05 Å². The first-order valence-electron chi connectivity index (χ1n) is 9.47. The Bertz CT molecular complexity index is 964. The zero-order chi connectivity index (χ0) is 22.5. The molecule has 11 heteroatoms. The maximum Gasteiger partial charge on any atom is 0.303 e. The van der Waals surface area contributed by atoms with Gasteiger partial charge in [-0.1, -0.05) is 0 Å². The summed E-state index contributed by atoms with van der Waals surface area (Å²) in [6.07, 6.45) is 3.98. The second-order valence-electron chi connectivity index (χ2n) is 6.93. The third-order valence-electron chi connectivity index (χ3n) is 4.31. The monoisotopic (exact) mass is 449 g/mol. The summed E-state index contributed by atoms with van der Waals surface area (Å²) in [6, 6.07) is 1.79. The fourth-order valence-electron chi connectivity index (χ4n) is 3.16. The van der Waals surface area contributed by atoms with E-state index in [0.717, 1.165) is 11.1 Å². The van der Waals surface area contributed by atoms with Crippen LogP contribution in [0.3, 0.4) is 0 Å². The van der Waals surface area contributed by atoms with Gasteiger partial charge in [0.2, 0.25) is 0 Å². The molecule has 0 N–H and O–H groups in total. The third-order valence-corrected chi connectivity index (χ3v) is 5.52. The van der Waals surface area contributed by atoms with Gasteiger partial charge >= 0.3 is 17.9 Å². The minimum Gasteiger partial charge on any atom is -0.474 e. The average Bonchev–Trinajstić information content (AvgIpc) is 3.12. The normalized spacial score (nSPS) is 23.0. The lowest BCUT2D eigenvalue weighted by Gasteiger charge is -2.39. The van der Waals surface area contributed by atoms with Gasteiger partial charge in [0, 0.05) is 57.1 Å². The minimum atomic E-state index is -1.01. The van der Waals surface area contributed by atoms with Crippen LogP contribution in [0.15, 0.2) is 30.9 Å². The second kappa shape index (κ2) is 9.82. The van der Waals surface area contributed by atoms with Gasteiger partial charge < -0.3 is 18.9 Å². The molecule has 1 aliphatic rings. The number of thioether (sulfide) groups is 1. The Morgan fingerprint density at radius 3 is 2.26 bits per heavy atom. The molecule has 2 aromatic rings. The lowest BCUT2D eigenvalue weighted by atomic mass is 10.1. The molecule has 0 aliphatic carbocycles. The number of carbonyl (C=O) groups excluding carboxylic acids is 3. The molecular weight excluding hydrogens is 426 g/mol. The van der Waals surface area contributed by atoms with Crippen LogP contribution in [0.25, 0.3) is 11.1 Å². The number of rotatable bonds is 6. The molecule has 0 radical (unpaired) electrons. The van der Waals surface area contributed by atoms with Crippen LogP contribution in [0, 0.1) is 0 Å². The Morgan fingerprint density at radius 1 is 0.968 bits per heavy atom. The van der Waals surface area contributed by atoms with E-state index in [-0.39, 0.29) is 5.75 Å². The van der Waals surface area contributed by atoms with Crippen molar-refractivity contribution in [1.82, 2.24) is 14.8 Å². The fourth-order valence-corrected chi connectivity index (χ4v) is 4.37. The van der Waals surface area contributed by atoms with E-state index in [0.29, 0.717) is 5.75 Å². The van der Waals surface area contributed by atoms with Gasteiger partial charge in [-0.3, -0.25) is 24.0 Å². The van der Waals surface area contributed by atoms with E-state index in [2.05, 4.69) is 10.1 Å². The molecule has 0 unspecified atom stereocenters. The van der Waals surface area contributed by atoms with Gasteiger partial charge in [-0.25, -0.2) is 0 Å². The Labute approximate surface area is 183 Å². The molecule has 10 nitrogen and oxygen atoms in total. The van der Waals surface area contributed by atoms with Crippen LogP contribution in [-0.2, 0) is 35.6 Å². The fraction of sp³-hybridized carbons (Fsp3) is 0.450. The Morgan fingerprint density at radius 2 is 1.65 bits per heavy atom. The van der Waals surface area contributed by atoms with Crippen molar-refractivity contribution in [3.8, 4) is 16.9 Å². The average molecular weight is 449 g/mol. The number of carbonyl (C=O) groups is 3. The van der Waals surface area contributed by atoms with Gasteiger partial charge in [-0.15, -0.1) is 11.8 Å². The SMILES string of the molecule is CC(=O)O[C@@H]1[C@@H](OC(C)=O)[C@H](OC(C)=O)CS[C@H]1Oc1cncc(-c2cnn(C)c2)c1. The molecule has 1 aliphatic heterocycles. The van der Waals surface area contributed by atoms with Crippen molar-refractivity contribution in [1.29, 1.82) is 0 Å². The van der Waals surface area contributed by atoms with Crippen molar-refractivity contribution in [3.05, 3.63) is 30.9 Å². The van der Waals surface area contributed by atoms with Gasteiger partial charge in [-0.2, -0.15) is 5.10 Å². The summed E-state index contributed by atoms with van der Waals surface area (Å²) in [5, 5.41) is 4.15. The number of pyridine rings is 1. The van der Waals surface area contributed by atoms with Crippen molar-refractivity contribution in [3.63, 3.8) is 0 Å². The van der Waals surface area contributed by atoms with Crippen LogP contribution in [0.1, 0.15) is 20.8 Å². The van der Waals surface area contributed by atoms with Gasteiger partial charge in [0.25, 0.3) is 0 Å². The van der Waals surface area contributed by atoms with Crippen molar-refractivity contribution >= 4 is 29.7 Å². The number of aryl methyl sites for hydroxylation is 1. The predicted octanol–water partition coefficient (Wildman–Crippen LogP) is 1.73. The zero-order valence-corrected chi connectivity index (χ0v) is 18.3. The maximum absolute atomic E-state index is 11.8. The molecule has 3 heterocycles. The molecule has 0 amide bonds. The van der Waals surface area contributed by atoms with Gasteiger partial charge in [0.1, 0.15) is 5.75 Å². The molecule has 0 saturated carbocycles. The lowest BCUT2D eigenvalue weighted by molar-refractivity contribution is -0.186. The summed E-state index contributed by atoms with van der Waals surface area (Å²) < 4.78 is 23.8. The van der Waals surface area contributed by atoms with Crippen LogP contribution >= 0.6 is 11.8 Å². The summed E-state index contributed by atoms with van der Waals surface area (Å²) in [6.45, 7) is 3.73. The van der Waals surface area contributed by atoms with Crippen LogP contribution in [0.2, 0.25) is 0 Å². The Kier molecular flexibility index (Phi) is 7.16. The summed E-state index contributed by atoms with van der Waals surface area (Å²) in [5.41, 5.74) is 0.941. The molecule has 0 bridgehead atoms. The van der Waals surface area contributed by atoms with Gasteiger partial charge in [-0.05, 0) is 6.07 Å². The highest BCUT2D eigenvalue weighted by Gasteiger charge is 2.47. The molecule has 166 valence electrons. The largest absolute Gasteiger partial charge is 0.474 e. The summed E-state index contributed by atoms with van der Waals surface area (Å²) in [7, 11) is 1.81. The number of aromatic nitrogens is 3. The second-order valence-corrected chi connectivity index (χ2v) is 8.06. The molecule has 1 saturated heterocycles. The smallest absolute Gasteiger partial charge is 0.303 e. The van der Waals surface area contributed by atoms with E-state index in [9.17, 15) is 14.4 Å². The van der Waals surface area contributed by atoms with Crippen LogP contribution < -0.4 is 4.74 Å². The molecule has 1 fully saturated rings. The van der Waals surface area contributed by atoms with E-state index in [1.54, 1.807) is 23.1 Å². The lowest BCUT2D eigenvalue weighted by Crippen LogP contribution is -2.55. The molecule has 3 rings (SSSR count). The van der Waals surface area contributed by atoms with Gasteiger partial charge in [0.05, 0.1) is 12.4 Å². The number of ether oxygens (including phenoxy) is 4. The Hall–Kier alpha value is -3.08. The maximum atomic E-state index is 11.8. The standard InChI is InChI=1S/C20H23N3O7S/c1-11(24)27-17-10-31-20(19(29-13(3)26)18(17)28-12(2)25)30-16-5-14(6-21-8-16)15-7-22-23(4)9-15/h5-9,17-20H,10H2,1-4H3/t17-,18+,19-,20-/m1/s1. The van der Waals surface area contributed by atoms with E-state index in [4.69, 9.17) is 18.9 Å². The molecule has 0 aromatic carbocycles. The van der Waals surface area contributed by atoms with Crippen molar-refractivity contribution in [2.45, 2.75) is 44.5 Å². The van der Waals surface area contributed by atoms with Gasteiger partial charge in [0.15, 0.2) is 23.7 Å². The molecule has 0 spiro atoms. The van der Waals surface area contributed by atoms with E-state index in [1.165, 1.54) is 38.7 Å². The van der Waals surface area contributed by atoms with Crippen LogP contribution in [0.5, 0.6) is 5.75 Å². The van der Waals surface area contributed by atoms with E-state index < -0.39 is 41.7 Å². The van der Waals surface area contributed by atoms with Crippen LogP contribution in [-0.4, -0.2) is 62.2 Å². The van der Waals surface area contributed by atoms with Crippen molar-refractivity contribution in [2.75, 3.05) is 5.75 Å². The topological polar surface area (TPSA) is 119 Å². The van der Waals surface area contributed by atoms with Crippen molar-refractivity contribution < 1.29 is 33.3 Å². The summed E-state index contributed by atoms with van der Waals surface area (Å²) >= 11 is 1.28. The highest BCUT2D eigenvalue weighted by Crippen LogP contribution is 2.34. The zero-order valence-electron chi connectivity index (χ0n) is 17.5. The Balaban J connectivity index is 1.85. The highest BCUT2D eigenvalue weighted by atomic mass is 32.2. The minimum absolute atomic E-state index is 0.287. The van der Waals surface area contributed by atoms with Crippen LogP contribution in [0.4, 0.5) is 0 Å². The number of esters is 3. The first kappa shape index (κ1) is 22.6. The third kappa shape index (κ3) is 5.97. The highest BCUT2D eigenvalue weighted by molar-refractivity contribution is 7.99. The molecule has 4 atom stereocenters. The van der Waals surface area contributed by atoms with E-state index >= 15 is 0 Å². The molecular formula is C20H23N3O7S. The molecule has 31 heavy (non-hydrogen) atoms. The number of nitrogens with zero attached hydrogens (tertiary/aromatic N) is 3. The number of hydrogen-bond acceptors (Lipinski definition) is 10. The quantitative estimate of drug-likeness (QED) is 0.476. The summed E-state index contributed by atoms with van der Waals surface area (Å²) in [4.78, 5) is 39.1. The first-order chi connectivity index (χ1) is 14.7.